The number of aromatic nitrogens is 3. The van der Waals surface area contributed by atoms with Crippen LogP contribution in [0.4, 0.5) is 0 Å². The predicted molar refractivity (Wildman–Crippen MR) is 114 cm³/mol. The highest BCUT2D eigenvalue weighted by atomic mass is 16.5. The summed E-state index contributed by atoms with van der Waals surface area (Å²) in [5.74, 6) is 1.42. The van der Waals surface area contributed by atoms with E-state index in [1.165, 1.54) is 6.20 Å². The normalized spacial score (nSPS) is 14.0. The van der Waals surface area contributed by atoms with Crippen LogP contribution in [0.1, 0.15) is 53.9 Å². The lowest BCUT2D eigenvalue weighted by Crippen LogP contribution is -2.27. The van der Waals surface area contributed by atoms with Crippen LogP contribution in [-0.4, -0.2) is 33.7 Å². The van der Waals surface area contributed by atoms with Gasteiger partial charge >= 0.3 is 0 Å². The molecule has 1 atom stereocenters. The maximum Gasteiger partial charge on any atom is 0.220 e. The minimum absolute atomic E-state index is 0.0447. The summed E-state index contributed by atoms with van der Waals surface area (Å²) < 4.78 is 13.1. The van der Waals surface area contributed by atoms with Crippen LogP contribution in [0.2, 0.25) is 0 Å². The van der Waals surface area contributed by atoms with Crippen LogP contribution in [0.3, 0.4) is 0 Å². The number of aryl methyl sites for hydroxylation is 2. The van der Waals surface area contributed by atoms with E-state index >= 15 is 0 Å². The first-order valence-corrected chi connectivity index (χ1v) is 10.4. The standard InChI is InChI=1S/C23H25N5O3/c1-14(17-5-7-20-21(11-17)31-10-4-9-30-20)26-22(29)8-6-19-15(2)27-23-18(12-24)13-25-28(23)16(19)3/h5,7,11,13-14H,4,6,8-10H2,1-3H3,(H,26,29). The molecular weight excluding hydrogens is 394 g/mol. The van der Waals surface area contributed by atoms with Crippen molar-refractivity contribution in [3.05, 3.63) is 52.5 Å². The van der Waals surface area contributed by atoms with Crippen molar-refractivity contribution in [1.82, 2.24) is 19.9 Å². The van der Waals surface area contributed by atoms with Crippen LogP contribution < -0.4 is 14.8 Å². The van der Waals surface area contributed by atoms with Crippen molar-refractivity contribution in [2.75, 3.05) is 13.2 Å². The summed E-state index contributed by atoms with van der Waals surface area (Å²) in [4.78, 5) is 17.2. The zero-order chi connectivity index (χ0) is 22.0. The summed E-state index contributed by atoms with van der Waals surface area (Å²) >= 11 is 0. The molecule has 0 bridgehead atoms. The number of nitriles is 1. The summed E-state index contributed by atoms with van der Waals surface area (Å²) in [6.07, 6.45) is 3.24. The van der Waals surface area contributed by atoms with Gasteiger partial charge in [-0.05, 0) is 50.5 Å². The van der Waals surface area contributed by atoms with Crippen molar-refractivity contribution in [1.29, 1.82) is 5.26 Å². The molecule has 4 rings (SSSR count). The van der Waals surface area contributed by atoms with Gasteiger partial charge in [0.15, 0.2) is 17.1 Å². The molecule has 0 aliphatic carbocycles. The third-order valence-electron chi connectivity index (χ3n) is 5.58. The van der Waals surface area contributed by atoms with E-state index in [0.29, 0.717) is 37.3 Å². The van der Waals surface area contributed by atoms with Gasteiger partial charge in [-0.25, -0.2) is 9.50 Å². The number of carbonyl (C=O) groups excluding carboxylic acids is 1. The van der Waals surface area contributed by atoms with Gasteiger partial charge in [-0.3, -0.25) is 4.79 Å². The molecule has 1 unspecified atom stereocenters. The minimum atomic E-state index is -0.156. The van der Waals surface area contributed by atoms with E-state index in [1.807, 2.05) is 39.0 Å². The predicted octanol–water partition coefficient (Wildman–Crippen LogP) is 3.19. The molecule has 2 aromatic heterocycles. The summed E-state index contributed by atoms with van der Waals surface area (Å²) in [7, 11) is 0. The Kier molecular flexibility index (Phi) is 5.76. The Bertz CT molecular complexity index is 1180. The van der Waals surface area contributed by atoms with E-state index in [2.05, 4.69) is 21.5 Å². The lowest BCUT2D eigenvalue weighted by molar-refractivity contribution is -0.121. The molecule has 0 spiro atoms. The van der Waals surface area contributed by atoms with Gasteiger partial charge in [-0.15, -0.1) is 0 Å². The van der Waals surface area contributed by atoms with E-state index in [9.17, 15) is 10.1 Å². The molecule has 0 radical (unpaired) electrons. The van der Waals surface area contributed by atoms with Gasteiger partial charge in [0, 0.05) is 24.2 Å². The van der Waals surface area contributed by atoms with Crippen molar-refractivity contribution < 1.29 is 14.3 Å². The van der Waals surface area contributed by atoms with Crippen LogP contribution in [-0.2, 0) is 11.2 Å². The zero-order valence-electron chi connectivity index (χ0n) is 17.9. The topological polar surface area (TPSA) is 102 Å². The first kappa shape index (κ1) is 20.7. The van der Waals surface area contributed by atoms with Gasteiger partial charge in [-0.1, -0.05) is 6.07 Å². The van der Waals surface area contributed by atoms with Crippen molar-refractivity contribution >= 4 is 11.6 Å². The molecule has 1 aromatic carbocycles. The van der Waals surface area contributed by atoms with E-state index in [0.717, 1.165) is 40.4 Å². The van der Waals surface area contributed by atoms with Gasteiger partial charge in [0.05, 0.1) is 25.5 Å². The Morgan fingerprint density at radius 3 is 2.84 bits per heavy atom. The van der Waals surface area contributed by atoms with E-state index in [1.54, 1.807) is 4.52 Å². The molecule has 1 aliphatic heterocycles. The fourth-order valence-corrected chi connectivity index (χ4v) is 3.84. The van der Waals surface area contributed by atoms with Gasteiger partial charge in [0.2, 0.25) is 5.91 Å². The van der Waals surface area contributed by atoms with Crippen LogP contribution >= 0.6 is 0 Å². The monoisotopic (exact) mass is 419 g/mol. The van der Waals surface area contributed by atoms with Crippen LogP contribution in [0.25, 0.3) is 5.65 Å². The smallest absolute Gasteiger partial charge is 0.220 e. The number of amides is 1. The molecule has 1 N–H and O–H groups in total. The highest BCUT2D eigenvalue weighted by molar-refractivity contribution is 5.76. The van der Waals surface area contributed by atoms with E-state index in [4.69, 9.17) is 9.47 Å². The van der Waals surface area contributed by atoms with Crippen LogP contribution in [0, 0.1) is 25.2 Å². The highest BCUT2D eigenvalue weighted by Crippen LogP contribution is 2.32. The van der Waals surface area contributed by atoms with Crippen LogP contribution in [0.5, 0.6) is 11.5 Å². The van der Waals surface area contributed by atoms with E-state index in [-0.39, 0.29) is 11.9 Å². The van der Waals surface area contributed by atoms with Gasteiger partial charge in [0.1, 0.15) is 11.6 Å². The van der Waals surface area contributed by atoms with Crippen LogP contribution in [0.15, 0.2) is 24.4 Å². The van der Waals surface area contributed by atoms with Crippen molar-refractivity contribution in [2.24, 2.45) is 0 Å². The lowest BCUT2D eigenvalue weighted by atomic mass is 10.0. The minimum Gasteiger partial charge on any atom is -0.490 e. The summed E-state index contributed by atoms with van der Waals surface area (Å²) in [6, 6.07) is 7.73. The van der Waals surface area contributed by atoms with Gasteiger partial charge in [0.25, 0.3) is 0 Å². The lowest BCUT2D eigenvalue weighted by Gasteiger charge is -2.17. The molecule has 3 heterocycles. The van der Waals surface area contributed by atoms with Gasteiger partial charge in [-0.2, -0.15) is 10.4 Å². The Labute approximate surface area is 180 Å². The Hall–Kier alpha value is -3.60. The molecule has 1 amide bonds. The van der Waals surface area contributed by atoms with Crippen molar-refractivity contribution in [3.8, 4) is 17.6 Å². The molecule has 0 saturated carbocycles. The fourth-order valence-electron chi connectivity index (χ4n) is 3.84. The molecule has 8 heteroatoms. The van der Waals surface area contributed by atoms with Gasteiger partial charge < -0.3 is 14.8 Å². The molecular formula is C23H25N5O3. The SMILES string of the molecule is Cc1nc2c(C#N)cnn2c(C)c1CCC(=O)NC(C)c1ccc2c(c1)OCCCO2. The number of rotatable bonds is 5. The third-order valence-corrected chi connectivity index (χ3v) is 5.58. The second-order valence-corrected chi connectivity index (χ2v) is 7.71. The average Bonchev–Trinajstić information content (AvgIpc) is 3.01. The summed E-state index contributed by atoms with van der Waals surface area (Å²) in [6.45, 7) is 7.06. The number of benzene rings is 1. The van der Waals surface area contributed by atoms with E-state index < -0.39 is 0 Å². The van der Waals surface area contributed by atoms with Crippen molar-refractivity contribution in [3.63, 3.8) is 0 Å². The maximum atomic E-state index is 12.6. The molecule has 3 aromatic rings. The maximum absolute atomic E-state index is 12.6. The summed E-state index contributed by atoms with van der Waals surface area (Å²) in [5, 5.41) is 16.5. The molecule has 0 fully saturated rings. The largest absolute Gasteiger partial charge is 0.490 e. The number of hydrogen-bond acceptors (Lipinski definition) is 6. The molecule has 31 heavy (non-hydrogen) atoms. The molecule has 0 saturated heterocycles. The second-order valence-electron chi connectivity index (χ2n) is 7.71. The molecule has 8 nitrogen and oxygen atoms in total. The fraction of sp³-hybridized carbons (Fsp3) is 0.391. The highest BCUT2D eigenvalue weighted by Gasteiger charge is 2.17. The quantitative estimate of drug-likeness (QED) is 0.681. The third kappa shape index (κ3) is 4.17. The number of hydrogen-bond donors (Lipinski definition) is 1. The molecule has 1 aliphatic rings. The average molecular weight is 419 g/mol. The first-order valence-electron chi connectivity index (χ1n) is 10.4. The Morgan fingerprint density at radius 1 is 1.29 bits per heavy atom. The molecule has 160 valence electrons. The van der Waals surface area contributed by atoms with Crippen molar-refractivity contribution in [2.45, 2.75) is 46.1 Å². The number of carbonyl (C=O) groups is 1. The first-order chi connectivity index (χ1) is 15.0. The number of nitrogens with zero attached hydrogens (tertiary/aromatic N) is 4. The zero-order valence-corrected chi connectivity index (χ0v) is 17.9. The number of fused-ring (bicyclic) bond motifs is 2. The summed E-state index contributed by atoms with van der Waals surface area (Å²) in [5.41, 5.74) is 4.64. The number of nitrogens with one attached hydrogen (secondary N) is 1. The Morgan fingerprint density at radius 2 is 2.06 bits per heavy atom. The number of ether oxygens (including phenoxy) is 2. The Balaban J connectivity index is 1.43. The second kappa shape index (κ2) is 8.64.